The van der Waals surface area contributed by atoms with Crippen molar-refractivity contribution in [2.45, 2.75) is 25.2 Å². The second-order valence-corrected chi connectivity index (χ2v) is 6.66. The summed E-state index contributed by atoms with van der Waals surface area (Å²) in [4.78, 5) is 23.3. The van der Waals surface area contributed by atoms with E-state index in [1.54, 1.807) is 0 Å². The highest BCUT2D eigenvalue weighted by molar-refractivity contribution is 5.84. The summed E-state index contributed by atoms with van der Waals surface area (Å²) in [6.07, 6.45) is 2.10. The van der Waals surface area contributed by atoms with Gasteiger partial charge in [-0.2, -0.15) is 0 Å². The second-order valence-electron chi connectivity index (χ2n) is 6.66. The number of fused-ring (bicyclic) bond motifs is 1. The molecule has 2 aliphatic carbocycles. The molecule has 6 heteroatoms. The van der Waals surface area contributed by atoms with Crippen molar-refractivity contribution >= 4 is 11.9 Å². The zero-order valence-corrected chi connectivity index (χ0v) is 12.7. The van der Waals surface area contributed by atoms with Crippen LogP contribution in [0, 0.1) is 11.3 Å². The predicted molar refractivity (Wildman–Crippen MR) is 80.6 cm³/mol. The summed E-state index contributed by atoms with van der Waals surface area (Å²) in [5.41, 5.74) is 0.366. The Bertz CT molecular complexity index is 667. The molecule has 122 valence electrons. The fraction of sp³-hybridized carbons (Fsp3) is 0.529. The van der Waals surface area contributed by atoms with Crippen molar-refractivity contribution in [3.05, 3.63) is 23.8 Å². The van der Waals surface area contributed by atoms with E-state index < -0.39 is 11.4 Å². The number of carboxylic acids is 1. The number of carbonyl (C=O) groups is 2. The summed E-state index contributed by atoms with van der Waals surface area (Å²) >= 11 is 0. The Kier molecular flexibility index (Phi) is 3.21. The van der Waals surface area contributed by atoms with E-state index in [-0.39, 0.29) is 24.3 Å². The molecule has 4 rings (SSSR count). The maximum Gasteiger partial charge on any atom is 0.311 e. The lowest BCUT2D eigenvalue weighted by Gasteiger charge is -2.19. The molecule has 1 aliphatic heterocycles. The number of carboxylic acid groups (broad SMARTS) is 1. The van der Waals surface area contributed by atoms with Crippen LogP contribution in [0.1, 0.15) is 30.7 Å². The number of benzene rings is 1. The number of hydrogen-bond donors (Lipinski definition) is 2. The van der Waals surface area contributed by atoms with Gasteiger partial charge in [-0.1, -0.05) is 6.07 Å². The van der Waals surface area contributed by atoms with Gasteiger partial charge in [0, 0.05) is 12.5 Å². The Hall–Kier alpha value is -2.24. The molecule has 1 aromatic rings. The van der Waals surface area contributed by atoms with E-state index in [0.29, 0.717) is 26.1 Å². The Morgan fingerprint density at radius 2 is 1.96 bits per heavy atom. The number of carbonyl (C=O) groups excluding carboxylic acids is 1. The van der Waals surface area contributed by atoms with E-state index >= 15 is 0 Å². The standard InChI is InChI=1S/C17H19NO5/c19-15(18-9-17(3-4-17)16(20)21)12-8-11(12)10-1-2-13-14(7-10)23-6-5-22-13/h1-2,7,11-12H,3-6,8-9H2,(H,18,19)(H,20,21). The monoisotopic (exact) mass is 317 g/mol. The Morgan fingerprint density at radius 3 is 2.65 bits per heavy atom. The van der Waals surface area contributed by atoms with Crippen LogP contribution in [0.25, 0.3) is 0 Å². The molecule has 2 unspecified atom stereocenters. The smallest absolute Gasteiger partial charge is 0.311 e. The third kappa shape index (κ3) is 2.62. The molecule has 2 saturated carbocycles. The van der Waals surface area contributed by atoms with Gasteiger partial charge in [0.05, 0.1) is 5.41 Å². The summed E-state index contributed by atoms with van der Waals surface area (Å²) in [5, 5.41) is 12.0. The first-order valence-electron chi connectivity index (χ1n) is 8.00. The largest absolute Gasteiger partial charge is 0.486 e. The van der Waals surface area contributed by atoms with Crippen LogP contribution in [0.15, 0.2) is 18.2 Å². The highest BCUT2D eigenvalue weighted by Gasteiger charge is 2.51. The molecule has 3 aliphatic rings. The minimum Gasteiger partial charge on any atom is -0.486 e. The van der Waals surface area contributed by atoms with Gasteiger partial charge in [0.1, 0.15) is 13.2 Å². The number of amides is 1. The molecule has 1 heterocycles. The third-order valence-corrected chi connectivity index (χ3v) is 5.03. The molecule has 2 N–H and O–H groups in total. The Labute approximate surface area is 133 Å². The molecule has 2 atom stereocenters. The molecule has 23 heavy (non-hydrogen) atoms. The summed E-state index contributed by atoms with van der Waals surface area (Å²) in [6.45, 7) is 1.35. The van der Waals surface area contributed by atoms with Gasteiger partial charge in [-0.15, -0.1) is 0 Å². The summed E-state index contributed by atoms with van der Waals surface area (Å²) in [5.74, 6) is 0.753. The summed E-state index contributed by atoms with van der Waals surface area (Å²) < 4.78 is 11.1. The van der Waals surface area contributed by atoms with E-state index in [1.165, 1.54) is 0 Å². The molecule has 0 saturated heterocycles. The van der Waals surface area contributed by atoms with Crippen molar-refractivity contribution in [3.63, 3.8) is 0 Å². The van der Waals surface area contributed by atoms with Gasteiger partial charge < -0.3 is 19.9 Å². The van der Waals surface area contributed by atoms with Crippen LogP contribution in [0.3, 0.4) is 0 Å². The molecule has 0 radical (unpaired) electrons. The fourth-order valence-electron chi connectivity index (χ4n) is 3.15. The number of nitrogens with one attached hydrogen (secondary N) is 1. The van der Waals surface area contributed by atoms with Gasteiger partial charge in [0.25, 0.3) is 0 Å². The normalized spacial score (nSPS) is 26.3. The number of hydrogen-bond acceptors (Lipinski definition) is 4. The molecular formula is C17H19NO5. The first-order chi connectivity index (χ1) is 11.1. The Morgan fingerprint density at radius 1 is 1.22 bits per heavy atom. The third-order valence-electron chi connectivity index (χ3n) is 5.03. The predicted octanol–water partition coefficient (Wildman–Crippen LogP) is 1.54. The molecule has 0 aromatic heterocycles. The molecular weight excluding hydrogens is 298 g/mol. The maximum atomic E-state index is 12.2. The van der Waals surface area contributed by atoms with Crippen LogP contribution in [-0.2, 0) is 9.59 Å². The quantitative estimate of drug-likeness (QED) is 0.860. The zero-order chi connectivity index (χ0) is 16.0. The van der Waals surface area contributed by atoms with E-state index in [2.05, 4.69) is 5.32 Å². The SMILES string of the molecule is O=C(NCC1(C(=O)O)CC1)C1CC1c1ccc2c(c1)OCCO2. The lowest BCUT2D eigenvalue weighted by molar-refractivity contribution is -0.143. The molecule has 2 fully saturated rings. The highest BCUT2D eigenvalue weighted by atomic mass is 16.6. The summed E-state index contributed by atoms with van der Waals surface area (Å²) in [7, 11) is 0. The van der Waals surface area contributed by atoms with Crippen LogP contribution in [0.5, 0.6) is 11.5 Å². The molecule has 0 spiro atoms. The molecule has 1 aromatic carbocycles. The van der Waals surface area contributed by atoms with Gasteiger partial charge in [0.15, 0.2) is 11.5 Å². The number of aliphatic carboxylic acids is 1. The van der Waals surface area contributed by atoms with Crippen LogP contribution >= 0.6 is 0 Å². The van der Waals surface area contributed by atoms with Gasteiger partial charge in [-0.05, 0) is 42.9 Å². The topological polar surface area (TPSA) is 84.9 Å². The second kappa shape index (κ2) is 5.15. The van der Waals surface area contributed by atoms with Crippen molar-refractivity contribution in [2.75, 3.05) is 19.8 Å². The average molecular weight is 317 g/mol. The maximum absolute atomic E-state index is 12.2. The Balaban J connectivity index is 1.36. The van der Waals surface area contributed by atoms with Gasteiger partial charge >= 0.3 is 5.97 Å². The van der Waals surface area contributed by atoms with Crippen LogP contribution in [0.2, 0.25) is 0 Å². The average Bonchev–Trinajstić information content (AvgIpc) is 3.46. The zero-order valence-electron chi connectivity index (χ0n) is 12.7. The van der Waals surface area contributed by atoms with Crippen molar-refractivity contribution in [2.24, 2.45) is 11.3 Å². The van der Waals surface area contributed by atoms with E-state index in [1.807, 2.05) is 18.2 Å². The van der Waals surface area contributed by atoms with Crippen LogP contribution < -0.4 is 14.8 Å². The van der Waals surface area contributed by atoms with Crippen molar-refractivity contribution < 1.29 is 24.2 Å². The number of rotatable bonds is 5. The van der Waals surface area contributed by atoms with Crippen molar-refractivity contribution in [1.29, 1.82) is 0 Å². The highest BCUT2D eigenvalue weighted by Crippen LogP contribution is 2.50. The number of ether oxygens (including phenoxy) is 2. The van der Waals surface area contributed by atoms with Gasteiger partial charge in [-0.25, -0.2) is 0 Å². The minimum absolute atomic E-state index is 0.0441. The first-order valence-corrected chi connectivity index (χ1v) is 8.00. The summed E-state index contributed by atoms with van der Waals surface area (Å²) in [6, 6.07) is 5.82. The first kappa shape index (κ1) is 14.4. The van der Waals surface area contributed by atoms with Gasteiger partial charge in [0.2, 0.25) is 5.91 Å². The molecule has 1 amide bonds. The van der Waals surface area contributed by atoms with Crippen LogP contribution in [0.4, 0.5) is 0 Å². The van der Waals surface area contributed by atoms with E-state index in [4.69, 9.17) is 14.6 Å². The lowest BCUT2D eigenvalue weighted by Crippen LogP contribution is -2.35. The minimum atomic E-state index is -0.808. The molecule has 0 bridgehead atoms. The van der Waals surface area contributed by atoms with Crippen molar-refractivity contribution in [1.82, 2.24) is 5.32 Å². The van der Waals surface area contributed by atoms with Gasteiger partial charge in [-0.3, -0.25) is 9.59 Å². The fourth-order valence-corrected chi connectivity index (χ4v) is 3.15. The van der Waals surface area contributed by atoms with Crippen LogP contribution in [-0.4, -0.2) is 36.7 Å². The van der Waals surface area contributed by atoms with E-state index in [0.717, 1.165) is 23.5 Å². The molecule has 6 nitrogen and oxygen atoms in total. The van der Waals surface area contributed by atoms with E-state index in [9.17, 15) is 9.59 Å². The van der Waals surface area contributed by atoms with Crippen molar-refractivity contribution in [3.8, 4) is 11.5 Å². The lowest BCUT2D eigenvalue weighted by atomic mass is 10.1.